The van der Waals surface area contributed by atoms with E-state index in [9.17, 15) is 10.1 Å². The molecule has 144 valence electrons. The first-order valence-corrected chi connectivity index (χ1v) is 9.60. The first-order chi connectivity index (χ1) is 12.5. The Morgan fingerprint density at radius 2 is 2.00 bits per heavy atom. The molecule has 0 atom stereocenters. The van der Waals surface area contributed by atoms with E-state index < -0.39 is 0 Å². The summed E-state index contributed by atoms with van der Waals surface area (Å²) in [6.45, 7) is 12.3. The molecule has 0 spiro atoms. The van der Waals surface area contributed by atoms with E-state index in [-0.39, 0.29) is 5.91 Å². The van der Waals surface area contributed by atoms with Gasteiger partial charge in [-0.05, 0) is 26.8 Å². The van der Waals surface area contributed by atoms with Crippen molar-refractivity contribution in [2.24, 2.45) is 0 Å². The Morgan fingerprint density at radius 1 is 1.31 bits per heavy atom. The summed E-state index contributed by atoms with van der Waals surface area (Å²) in [5, 5.41) is 9.17. The minimum absolute atomic E-state index is 0.184. The normalized spacial score (nSPS) is 15.0. The van der Waals surface area contributed by atoms with Crippen LogP contribution in [0.2, 0.25) is 0 Å². The molecule has 0 radical (unpaired) electrons. The lowest BCUT2D eigenvalue weighted by atomic mass is 10.2. The van der Waals surface area contributed by atoms with Gasteiger partial charge in [-0.25, -0.2) is 4.98 Å². The standard InChI is InChI=1S/C19H31N5O2/c1-5-6-7-8-24(15(2)3)14-18(25)22-9-11-23(12-10-22)19-17(13-20)21-16(4)26-19/h15H,5-12,14H2,1-4H3. The summed E-state index contributed by atoms with van der Waals surface area (Å²) in [7, 11) is 0. The predicted octanol–water partition coefficient (Wildman–Crippen LogP) is 2.40. The van der Waals surface area contributed by atoms with E-state index in [4.69, 9.17) is 4.42 Å². The molecule has 1 aromatic rings. The molecule has 0 N–H and O–H groups in total. The van der Waals surface area contributed by atoms with Crippen LogP contribution in [0.5, 0.6) is 0 Å². The SMILES string of the molecule is CCCCCN(CC(=O)N1CCN(c2oc(C)nc2C#N)CC1)C(C)C. The van der Waals surface area contributed by atoms with Crippen LogP contribution in [0.1, 0.15) is 51.6 Å². The molecular formula is C19H31N5O2. The van der Waals surface area contributed by atoms with E-state index in [2.05, 4.69) is 36.7 Å². The molecule has 7 heteroatoms. The molecule has 2 heterocycles. The molecular weight excluding hydrogens is 330 g/mol. The van der Waals surface area contributed by atoms with Crippen molar-refractivity contribution in [1.82, 2.24) is 14.8 Å². The Morgan fingerprint density at radius 3 is 2.58 bits per heavy atom. The van der Waals surface area contributed by atoms with Crippen molar-refractivity contribution in [3.63, 3.8) is 0 Å². The van der Waals surface area contributed by atoms with Crippen molar-refractivity contribution in [2.45, 2.75) is 53.0 Å². The number of carbonyl (C=O) groups excluding carboxylic acids is 1. The molecule has 1 amide bonds. The fraction of sp³-hybridized carbons (Fsp3) is 0.737. The van der Waals surface area contributed by atoms with Crippen LogP contribution < -0.4 is 4.90 Å². The number of amides is 1. The number of hydrogen-bond acceptors (Lipinski definition) is 6. The third-order valence-corrected chi connectivity index (χ3v) is 4.86. The minimum Gasteiger partial charge on any atom is -0.424 e. The first kappa shape index (κ1) is 20.2. The fourth-order valence-electron chi connectivity index (χ4n) is 3.22. The summed E-state index contributed by atoms with van der Waals surface area (Å²) in [5.74, 6) is 1.21. The fourth-order valence-corrected chi connectivity index (χ4v) is 3.22. The number of nitriles is 1. The average Bonchev–Trinajstić information content (AvgIpc) is 3.01. The smallest absolute Gasteiger partial charge is 0.236 e. The molecule has 1 aromatic heterocycles. The van der Waals surface area contributed by atoms with Gasteiger partial charge in [-0.3, -0.25) is 9.69 Å². The van der Waals surface area contributed by atoms with E-state index in [1.807, 2.05) is 9.80 Å². The largest absolute Gasteiger partial charge is 0.424 e. The third kappa shape index (κ3) is 5.21. The van der Waals surface area contributed by atoms with Gasteiger partial charge in [-0.1, -0.05) is 19.8 Å². The molecule has 7 nitrogen and oxygen atoms in total. The number of anilines is 1. The number of aryl methyl sites for hydroxylation is 1. The summed E-state index contributed by atoms with van der Waals surface area (Å²) in [5.41, 5.74) is 0.323. The molecule has 2 rings (SSSR count). The molecule has 1 fully saturated rings. The van der Waals surface area contributed by atoms with Gasteiger partial charge in [-0.15, -0.1) is 0 Å². The van der Waals surface area contributed by atoms with Crippen molar-refractivity contribution in [1.29, 1.82) is 5.26 Å². The van der Waals surface area contributed by atoms with Crippen LogP contribution in [0, 0.1) is 18.3 Å². The van der Waals surface area contributed by atoms with Gasteiger partial charge in [0.2, 0.25) is 17.5 Å². The number of aromatic nitrogens is 1. The van der Waals surface area contributed by atoms with Crippen molar-refractivity contribution in [3.05, 3.63) is 11.6 Å². The van der Waals surface area contributed by atoms with Crippen molar-refractivity contribution >= 4 is 11.8 Å². The second-order valence-electron chi connectivity index (χ2n) is 7.14. The highest BCUT2D eigenvalue weighted by atomic mass is 16.4. The number of unbranched alkanes of at least 4 members (excludes halogenated alkanes) is 2. The van der Waals surface area contributed by atoms with Crippen molar-refractivity contribution < 1.29 is 9.21 Å². The number of carbonyl (C=O) groups is 1. The molecule has 0 aliphatic carbocycles. The predicted molar refractivity (Wildman–Crippen MR) is 101 cm³/mol. The van der Waals surface area contributed by atoms with E-state index in [1.54, 1.807) is 6.92 Å². The van der Waals surface area contributed by atoms with E-state index in [0.717, 1.165) is 13.0 Å². The first-order valence-electron chi connectivity index (χ1n) is 9.60. The van der Waals surface area contributed by atoms with Gasteiger partial charge >= 0.3 is 0 Å². The molecule has 1 saturated heterocycles. The molecule has 26 heavy (non-hydrogen) atoms. The van der Waals surface area contributed by atoms with E-state index in [0.29, 0.717) is 56.2 Å². The van der Waals surface area contributed by atoms with Crippen LogP contribution in [0.25, 0.3) is 0 Å². The van der Waals surface area contributed by atoms with Gasteiger partial charge in [-0.2, -0.15) is 5.26 Å². The van der Waals surface area contributed by atoms with Gasteiger partial charge in [0.05, 0.1) is 6.54 Å². The number of piperazine rings is 1. The van der Waals surface area contributed by atoms with Gasteiger partial charge in [0.15, 0.2) is 5.89 Å². The minimum atomic E-state index is 0.184. The van der Waals surface area contributed by atoms with Gasteiger partial charge in [0.25, 0.3) is 0 Å². The maximum absolute atomic E-state index is 12.7. The number of oxazole rings is 1. The Balaban J connectivity index is 1.88. The van der Waals surface area contributed by atoms with Crippen LogP contribution in [-0.2, 0) is 4.79 Å². The Kier molecular flexibility index (Phi) is 7.46. The molecule has 1 aliphatic rings. The lowest BCUT2D eigenvalue weighted by molar-refractivity contribution is -0.133. The summed E-state index contributed by atoms with van der Waals surface area (Å²) in [6, 6.07) is 2.44. The van der Waals surface area contributed by atoms with Gasteiger partial charge < -0.3 is 14.2 Å². The number of hydrogen-bond donors (Lipinski definition) is 0. The van der Waals surface area contributed by atoms with Gasteiger partial charge in [0.1, 0.15) is 6.07 Å². The molecule has 1 aliphatic heterocycles. The molecule has 0 aromatic carbocycles. The highest BCUT2D eigenvalue weighted by Gasteiger charge is 2.26. The maximum Gasteiger partial charge on any atom is 0.236 e. The van der Waals surface area contributed by atoms with Crippen LogP contribution in [0.15, 0.2) is 4.42 Å². The summed E-state index contributed by atoms with van der Waals surface area (Å²) in [4.78, 5) is 23.0. The van der Waals surface area contributed by atoms with Crippen LogP contribution in [0.3, 0.4) is 0 Å². The molecule has 0 bridgehead atoms. The average molecular weight is 361 g/mol. The van der Waals surface area contributed by atoms with Crippen LogP contribution in [-0.4, -0.2) is 66.0 Å². The summed E-state index contributed by atoms with van der Waals surface area (Å²) >= 11 is 0. The van der Waals surface area contributed by atoms with Crippen LogP contribution in [0.4, 0.5) is 5.88 Å². The van der Waals surface area contributed by atoms with Crippen LogP contribution >= 0.6 is 0 Å². The zero-order chi connectivity index (χ0) is 19.1. The lowest BCUT2D eigenvalue weighted by Gasteiger charge is -2.36. The topological polar surface area (TPSA) is 76.6 Å². The number of rotatable bonds is 8. The zero-order valence-electron chi connectivity index (χ0n) is 16.5. The van der Waals surface area contributed by atoms with E-state index >= 15 is 0 Å². The second-order valence-corrected chi connectivity index (χ2v) is 7.14. The summed E-state index contributed by atoms with van der Waals surface area (Å²) < 4.78 is 5.57. The van der Waals surface area contributed by atoms with Gasteiger partial charge in [0, 0.05) is 39.1 Å². The van der Waals surface area contributed by atoms with Crippen molar-refractivity contribution in [2.75, 3.05) is 44.2 Å². The second kappa shape index (κ2) is 9.58. The van der Waals surface area contributed by atoms with Crippen molar-refractivity contribution in [3.8, 4) is 6.07 Å². The Bertz CT molecular complexity index is 626. The third-order valence-electron chi connectivity index (χ3n) is 4.86. The monoisotopic (exact) mass is 361 g/mol. The Labute approximate surface area is 156 Å². The van der Waals surface area contributed by atoms with E-state index in [1.165, 1.54) is 12.8 Å². The molecule has 0 unspecified atom stereocenters. The number of nitrogens with zero attached hydrogens (tertiary/aromatic N) is 5. The Hall–Kier alpha value is -2.07. The maximum atomic E-state index is 12.7. The summed E-state index contributed by atoms with van der Waals surface area (Å²) in [6.07, 6.45) is 3.53. The lowest BCUT2D eigenvalue weighted by Crippen LogP contribution is -2.52. The highest BCUT2D eigenvalue weighted by Crippen LogP contribution is 2.22. The quantitative estimate of drug-likeness (QED) is 0.662. The highest BCUT2D eigenvalue weighted by molar-refractivity contribution is 5.78. The molecule has 0 saturated carbocycles. The zero-order valence-corrected chi connectivity index (χ0v) is 16.5.